The minimum atomic E-state index is 0.120. The number of aldehydes is 1. The van der Waals surface area contributed by atoms with Gasteiger partial charge in [-0.15, -0.1) is 0 Å². The van der Waals surface area contributed by atoms with Crippen LogP contribution in [-0.4, -0.2) is 18.0 Å². The van der Waals surface area contributed by atoms with Crippen molar-refractivity contribution in [2.24, 2.45) is 17.3 Å². The van der Waals surface area contributed by atoms with Gasteiger partial charge in [0.05, 0.1) is 11.7 Å². The summed E-state index contributed by atoms with van der Waals surface area (Å²) in [4.78, 5) is 11.1. The quantitative estimate of drug-likeness (QED) is 0.515. The summed E-state index contributed by atoms with van der Waals surface area (Å²) in [6.07, 6.45) is 8.02. The van der Waals surface area contributed by atoms with Crippen molar-refractivity contribution >= 4 is 6.29 Å². The summed E-state index contributed by atoms with van der Waals surface area (Å²) in [7, 11) is 0. The fourth-order valence-electron chi connectivity index (χ4n) is 3.70. The Morgan fingerprint density at radius 3 is 2.82 bits per heavy atom. The van der Waals surface area contributed by atoms with Gasteiger partial charge in [0.2, 0.25) is 0 Å². The third kappa shape index (κ3) is 1.77. The zero-order chi connectivity index (χ0) is 12.3. The minimum absolute atomic E-state index is 0.120. The zero-order valence-corrected chi connectivity index (χ0v) is 11.0. The van der Waals surface area contributed by atoms with Crippen LogP contribution in [0.4, 0.5) is 0 Å². The van der Waals surface area contributed by atoms with Crippen LogP contribution in [0.25, 0.3) is 0 Å². The molecule has 1 saturated heterocycles. The van der Waals surface area contributed by atoms with Crippen LogP contribution in [0.5, 0.6) is 0 Å². The van der Waals surface area contributed by atoms with Crippen molar-refractivity contribution < 1.29 is 9.53 Å². The highest BCUT2D eigenvalue weighted by atomic mass is 16.6. The fraction of sp³-hybridized carbons (Fsp3) is 0.800. The second-order valence-electron chi connectivity index (χ2n) is 6.81. The molecule has 0 N–H and O–H groups in total. The first-order valence-corrected chi connectivity index (χ1v) is 6.81. The van der Waals surface area contributed by atoms with E-state index >= 15 is 0 Å². The lowest BCUT2D eigenvalue weighted by molar-refractivity contribution is -0.105. The molecule has 3 aliphatic rings. The highest BCUT2D eigenvalue weighted by molar-refractivity contribution is 5.73. The summed E-state index contributed by atoms with van der Waals surface area (Å²) >= 11 is 0. The first-order valence-electron chi connectivity index (χ1n) is 6.81. The SMILES string of the molecule is CC1(C)[C@@H]2CC[C@]3(C)O[C@@H]3CCC(C=O)=C[C@@H]21. The number of fused-ring (bicyclic) bond motifs is 2. The van der Waals surface area contributed by atoms with Crippen LogP contribution in [0.1, 0.15) is 46.5 Å². The van der Waals surface area contributed by atoms with Crippen molar-refractivity contribution in [2.45, 2.75) is 58.2 Å². The van der Waals surface area contributed by atoms with E-state index in [9.17, 15) is 4.79 Å². The molecular weight excluding hydrogens is 212 g/mol. The van der Waals surface area contributed by atoms with Crippen molar-refractivity contribution in [1.82, 2.24) is 0 Å². The number of allylic oxidation sites excluding steroid dienone is 2. The third-order valence-corrected chi connectivity index (χ3v) is 5.37. The first-order chi connectivity index (χ1) is 7.97. The second-order valence-corrected chi connectivity index (χ2v) is 6.81. The molecule has 0 aromatic heterocycles. The summed E-state index contributed by atoms with van der Waals surface area (Å²) in [5.41, 5.74) is 1.50. The molecule has 4 atom stereocenters. The van der Waals surface area contributed by atoms with Crippen LogP contribution in [0.2, 0.25) is 0 Å². The van der Waals surface area contributed by atoms with Gasteiger partial charge in [-0.3, -0.25) is 4.79 Å². The van der Waals surface area contributed by atoms with Gasteiger partial charge in [-0.25, -0.2) is 0 Å². The Labute approximate surface area is 103 Å². The van der Waals surface area contributed by atoms with E-state index in [0.717, 1.165) is 30.6 Å². The maximum absolute atomic E-state index is 11.1. The van der Waals surface area contributed by atoms with E-state index in [1.54, 1.807) is 0 Å². The van der Waals surface area contributed by atoms with E-state index in [2.05, 4.69) is 26.8 Å². The lowest BCUT2D eigenvalue weighted by atomic mass is 9.93. The summed E-state index contributed by atoms with van der Waals surface area (Å²) in [5, 5.41) is 0. The molecule has 2 nitrogen and oxygen atoms in total. The van der Waals surface area contributed by atoms with Crippen molar-refractivity contribution in [1.29, 1.82) is 0 Å². The molecule has 94 valence electrons. The number of carbonyl (C=O) groups is 1. The number of hydrogen-bond acceptors (Lipinski definition) is 2. The van der Waals surface area contributed by atoms with Crippen molar-refractivity contribution in [3.05, 3.63) is 11.6 Å². The van der Waals surface area contributed by atoms with Crippen LogP contribution < -0.4 is 0 Å². The molecule has 0 spiro atoms. The summed E-state index contributed by atoms with van der Waals surface area (Å²) < 4.78 is 5.82. The molecule has 0 aromatic carbocycles. The Morgan fingerprint density at radius 2 is 2.12 bits per heavy atom. The molecule has 3 rings (SSSR count). The molecule has 0 aromatic rings. The van der Waals surface area contributed by atoms with Gasteiger partial charge in [0.15, 0.2) is 0 Å². The fourth-order valence-corrected chi connectivity index (χ4v) is 3.70. The van der Waals surface area contributed by atoms with Gasteiger partial charge in [0.25, 0.3) is 0 Å². The van der Waals surface area contributed by atoms with E-state index in [4.69, 9.17) is 4.74 Å². The minimum Gasteiger partial charge on any atom is -0.366 e. The molecule has 1 saturated carbocycles. The van der Waals surface area contributed by atoms with Gasteiger partial charge in [-0.2, -0.15) is 0 Å². The molecule has 2 fully saturated rings. The Morgan fingerprint density at radius 1 is 1.35 bits per heavy atom. The number of carbonyl (C=O) groups excluding carboxylic acids is 1. The topological polar surface area (TPSA) is 29.6 Å². The number of ether oxygens (including phenoxy) is 1. The van der Waals surface area contributed by atoms with Crippen LogP contribution in [-0.2, 0) is 9.53 Å². The largest absolute Gasteiger partial charge is 0.366 e. The van der Waals surface area contributed by atoms with E-state index in [-0.39, 0.29) is 5.60 Å². The molecule has 0 bridgehead atoms. The Balaban J connectivity index is 1.81. The Hall–Kier alpha value is -0.630. The maximum atomic E-state index is 11.1. The van der Waals surface area contributed by atoms with E-state index in [0.29, 0.717) is 17.4 Å². The average Bonchev–Trinajstić information content (AvgIpc) is 3.07. The number of epoxide rings is 1. The highest BCUT2D eigenvalue weighted by Crippen LogP contribution is 2.63. The molecule has 2 heteroatoms. The normalized spacial score (nSPS) is 47.2. The van der Waals surface area contributed by atoms with Gasteiger partial charge in [-0.1, -0.05) is 19.9 Å². The molecule has 17 heavy (non-hydrogen) atoms. The first kappa shape index (κ1) is 11.5. The van der Waals surface area contributed by atoms with Gasteiger partial charge < -0.3 is 4.74 Å². The smallest absolute Gasteiger partial charge is 0.145 e. The van der Waals surface area contributed by atoms with Gasteiger partial charge >= 0.3 is 0 Å². The van der Waals surface area contributed by atoms with E-state index in [1.165, 1.54) is 12.8 Å². The Kier molecular flexibility index (Phi) is 2.32. The van der Waals surface area contributed by atoms with E-state index < -0.39 is 0 Å². The predicted molar refractivity (Wildman–Crippen MR) is 66.7 cm³/mol. The van der Waals surface area contributed by atoms with Crippen LogP contribution in [0.3, 0.4) is 0 Å². The van der Waals surface area contributed by atoms with Crippen LogP contribution in [0.15, 0.2) is 11.6 Å². The van der Waals surface area contributed by atoms with Gasteiger partial charge in [0, 0.05) is 0 Å². The van der Waals surface area contributed by atoms with Gasteiger partial charge in [-0.05, 0) is 55.4 Å². The average molecular weight is 234 g/mol. The van der Waals surface area contributed by atoms with Crippen molar-refractivity contribution in [3.8, 4) is 0 Å². The molecule has 0 radical (unpaired) electrons. The van der Waals surface area contributed by atoms with Crippen LogP contribution >= 0.6 is 0 Å². The van der Waals surface area contributed by atoms with Crippen molar-refractivity contribution in [2.75, 3.05) is 0 Å². The predicted octanol–water partition coefficient (Wildman–Crippen LogP) is 3.12. The second kappa shape index (κ2) is 3.44. The summed E-state index contributed by atoms with van der Waals surface area (Å²) in [5.74, 6) is 1.36. The molecule has 1 heterocycles. The third-order valence-electron chi connectivity index (χ3n) is 5.37. The highest BCUT2D eigenvalue weighted by Gasteiger charge is 2.59. The van der Waals surface area contributed by atoms with Gasteiger partial charge in [0.1, 0.15) is 6.29 Å². The summed E-state index contributed by atoms with van der Waals surface area (Å²) in [6, 6.07) is 0. The summed E-state index contributed by atoms with van der Waals surface area (Å²) in [6.45, 7) is 6.88. The lowest BCUT2D eigenvalue weighted by Gasteiger charge is -2.08. The Bertz CT molecular complexity index is 382. The van der Waals surface area contributed by atoms with Crippen molar-refractivity contribution in [3.63, 3.8) is 0 Å². The molecular formula is C15H22O2. The maximum Gasteiger partial charge on any atom is 0.145 e. The molecule has 1 aliphatic heterocycles. The molecule has 2 aliphatic carbocycles. The molecule has 0 amide bonds. The standard InChI is InChI=1S/C15H22O2/c1-14(2)11-6-7-15(3)13(17-15)5-4-10(9-16)8-12(11)14/h8-9,11-13H,4-7H2,1-3H3/t11-,12+,13-,15+/m1/s1. The van der Waals surface area contributed by atoms with E-state index in [1.807, 2.05) is 0 Å². The van der Waals surface area contributed by atoms with Crippen LogP contribution in [0, 0.1) is 17.3 Å². The monoisotopic (exact) mass is 234 g/mol. The number of rotatable bonds is 1. The zero-order valence-electron chi connectivity index (χ0n) is 11.0. The number of hydrogen-bond donors (Lipinski definition) is 0. The lowest BCUT2D eigenvalue weighted by Crippen LogP contribution is -2.11. The molecule has 0 unspecified atom stereocenters.